The van der Waals surface area contributed by atoms with Gasteiger partial charge in [0.1, 0.15) is 0 Å². The Balaban J connectivity index is 1.60. The number of benzene rings is 1. The number of hydrogen-bond donors (Lipinski definition) is 2. The fraction of sp³-hybridized carbons (Fsp3) is 0.421. The number of rotatable bonds is 5. The molecule has 1 aliphatic heterocycles. The summed E-state index contributed by atoms with van der Waals surface area (Å²) in [6.45, 7) is 6.86. The molecule has 6 heteroatoms. The summed E-state index contributed by atoms with van der Waals surface area (Å²) in [5.41, 5.74) is 7.80. The topological polar surface area (TPSA) is 84.1 Å². The molecule has 2 heterocycles. The smallest absolute Gasteiger partial charge is 0.251 e. The number of nitrogens with two attached hydrogens (primary N) is 1. The summed E-state index contributed by atoms with van der Waals surface area (Å²) in [5, 5.41) is 3.14. The van der Waals surface area contributed by atoms with E-state index < -0.39 is 5.91 Å². The lowest BCUT2D eigenvalue weighted by Crippen LogP contribution is -2.37. The zero-order valence-corrected chi connectivity index (χ0v) is 14.8. The molecule has 1 fully saturated rings. The number of likely N-dealkylation sites (tertiary alicyclic amines) is 1. The highest BCUT2D eigenvalue weighted by Crippen LogP contribution is 2.29. The molecular formula is C19H25N5O. The molecule has 0 spiro atoms. The molecule has 1 amide bonds. The first-order chi connectivity index (χ1) is 12.0. The van der Waals surface area contributed by atoms with Gasteiger partial charge >= 0.3 is 0 Å². The van der Waals surface area contributed by atoms with Crippen LogP contribution in [0.4, 0.5) is 11.6 Å². The first-order valence-electron chi connectivity index (χ1n) is 8.76. The molecule has 6 nitrogen and oxygen atoms in total. The molecule has 1 aliphatic rings. The van der Waals surface area contributed by atoms with E-state index in [1.807, 2.05) is 0 Å². The Kier molecular flexibility index (Phi) is 5.28. The highest BCUT2D eigenvalue weighted by atomic mass is 16.1. The Morgan fingerprint density at radius 1 is 1.16 bits per heavy atom. The van der Waals surface area contributed by atoms with E-state index in [-0.39, 0.29) is 0 Å². The standard InChI is InChI=1S/C19H25N5O/c1-13(2)24-9-7-15(8-10-24)14-3-5-17(6-4-14)23-19-21-11-16(12-22-19)18(20)25/h3-6,11-13,15H,7-10H2,1-2H3,(H2,20,25)(H,21,22,23). The average Bonchev–Trinajstić information content (AvgIpc) is 2.63. The second kappa shape index (κ2) is 7.61. The maximum atomic E-state index is 11.0. The van der Waals surface area contributed by atoms with Gasteiger partial charge in [0.25, 0.3) is 5.91 Å². The Hall–Kier alpha value is -2.47. The molecule has 0 unspecified atom stereocenters. The predicted molar refractivity (Wildman–Crippen MR) is 99.0 cm³/mol. The van der Waals surface area contributed by atoms with E-state index in [1.54, 1.807) is 0 Å². The summed E-state index contributed by atoms with van der Waals surface area (Å²) >= 11 is 0. The van der Waals surface area contributed by atoms with Crippen molar-refractivity contribution in [2.75, 3.05) is 18.4 Å². The maximum absolute atomic E-state index is 11.0. The van der Waals surface area contributed by atoms with Crippen molar-refractivity contribution in [1.82, 2.24) is 14.9 Å². The van der Waals surface area contributed by atoms with Crippen molar-refractivity contribution in [2.24, 2.45) is 5.73 Å². The number of anilines is 2. The fourth-order valence-electron chi connectivity index (χ4n) is 3.24. The number of primary amides is 1. The van der Waals surface area contributed by atoms with Gasteiger partial charge in [-0.15, -0.1) is 0 Å². The Morgan fingerprint density at radius 3 is 2.28 bits per heavy atom. The Bertz CT molecular complexity index is 704. The molecular weight excluding hydrogens is 314 g/mol. The van der Waals surface area contributed by atoms with E-state index in [0.717, 1.165) is 5.69 Å². The SMILES string of the molecule is CC(C)N1CCC(c2ccc(Nc3ncc(C(N)=O)cn3)cc2)CC1. The van der Waals surface area contributed by atoms with Gasteiger partial charge in [0.05, 0.1) is 5.56 Å². The van der Waals surface area contributed by atoms with E-state index in [2.05, 4.69) is 58.3 Å². The van der Waals surface area contributed by atoms with Crippen molar-refractivity contribution < 1.29 is 4.79 Å². The van der Waals surface area contributed by atoms with Crippen molar-refractivity contribution in [3.63, 3.8) is 0 Å². The van der Waals surface area contributed by atoms with Crippen LogP contribution in [0.15, 0.2) is 36.7 Å². The van der Waals surface area contributed by atoms with Crippen molar-refractivity contribution in [1.29, 1.82) is 0 Å². The van der Waals surface area contributed by atoms with E-state index in [9.17, 15) is 4.79 Å². The molecule has 0 radical (unpaired) electrons. The van der Waals surface area contributed by atoms with Crippen LogP contribution in [-0.2, 0) is 0 Å². The number of carbonyl (C=O) groups is 1. The first-order valence-corrected chi connectivity index (χ1v) is 8.76. The second-order valence-corrected chi connectivity index (χ2v) is 6.81. The van der Waals surface area contributed by atoms with Crippen LogP contribution >= 0.6 is 0 Å². The van der Waals surface area contributed by atoms with Crippen LogP contribution in [-0.4, -0.2) is 39.9 Å². The number of nitrogens with one attached hydrogen (secondary N) is 1. The first kappa shape index (κ1) is 17.4. The number of amides is 1. The Labute approximate surface area is 148 Å². The minimum Gasteiger partial charge on any atom is -0.366 e. The maximum Gasteiger partial charge on any atom is 0.251 e. The number of carbonyl (C=O) groups excluding carboxylic acids is 1. The number of hydrogen-bond acceptors (Lipinski definition) is 5. The molecule has 1 aromatic carbocycles. The lowest BCUT2D eigenvalue weighted by atomic mass is 9.89. The molecule has 3 rings (SSSR count). The van der Waals surface area contributed by atoms with Crippen LogP contribution < -0.4 is 11.1 Å². The fourth-order valence-corrected chi connectivity index (χ4v) is 3.24. The third kappa shape index (κ3) is 4.33. The predicted octanol–water partition coefficient (Wildman–Crippen LogP) is 2.91. The lowest BCUT2D eigenvalue weighted by Gasteiger charge is -2.34. The van der Waals surface area contributed by atoms with Gasteiger partial charge in [-0.1, -0.05) is 12.1 Å². The van der Waals surface area contributed by atoms with Gasteiger partial charge in [-0.3, -0.25) is 4.79 Å². The zero-order chi connectivity index (χ0) is 17.8. The molecule has 3 N–H and O–H groups in total. The summed E-state index contributed by atoms with van der Waals surface area (Å²) in [7, 11) is 0. The summed E-state index contributed by atoms with van der Waals surface area (Å²) in [4.78, 5) is 21.8. The van der Waals surface area contributed by atoms with Crippen molar-refractivity contribution in [3.8, 4) is 0 Å². The van der Waals surface area contributed by atoms with E-state index in [0.29, 0.717) is 23.5 Å². The van der Waals surface area contributed by atoms with Gasteiger partial charge in [0.2, 0.25) is 5.95 Å². The Morgan fingerprint density at radius 2 is 1.76 bits per heavy atom. The third-order valence-electron chi connectivity index (χ3n) is 4.83. The van der Waals surface area contributed by atoms with E-state index in [4.69, 9.17) is 5.73 Å². The zero-order valence-electron chi connectivity index (χ0n) is 14.8. The molecule has 0 atom stereocenters. The average molecular weight is 339 g/mol. The molecule has 132 valence electrons. The largest absolute Gasteiger partial charge is 0.366 e. The van der Waals surface area contributed by atoms with Gasteiger partial charge in [0, 0.05) is 24.1 Å². The van der Waals surface area contributed by atoms with Crippen molar-refractivity contribution >= 4 is 17.5 Å². The van der Waals surface area contributed by atoms with Crippen LogP contribution in [0.25, 0.3) is 0 Å². The minimum absolute atomic E-state index is 0.300. The van der Waals surface area contributed by atoms with Crippen LogP contribution in [0, 0.1) is 0 Å². The quantitative estimate of drug-likeness (QED) is 0.875. The molecule has 1 saturated heterocycles. The summed E-state index contributed by atoms with van der Waals surface area (Å²) in [6.07, 6.45) is 5.27. The lowest BCUT2D eigenvalue weighted by molar-refractivity contribution is 0.0999. The summed E-state index contributed by atoms with van der Waals surface area (Å²) in [5.74, 6) is 0.553. The minimum atomic E-state index is -0.528. The van der Waals surface area contributed by atoms with E-state index >= 15 is 0 Å². The molecule has 1 aromatic heterocycles. The number of piperidine rings is 1. The van der Waals surface area contributed by atoms with E-state index in [1.165, 1.54) is 43.9 Å². The van der Waals surface area contributed by atoms with Gasteiger partial charge in [-0.2, -0.15) is 0 Å². The third-order valence-corrected chi connectivity index (χ3v) is 4.83. The summed E-state index contributed by atoms with van der Waals surface area (Å²) in [6, 6.07) is 9.09. The van der Waals surface area contributed by atoms with Crippen LogP contribution in [0.2, 0.25) is 0 Å². The van der Waals surface area contributed by atoms with Gasteiger partial charge in [-0.25, -0.2) is 9.97 Å². The van der Waals surface area contributed by atoms with Crippen LogP contribution in [0.1, 0.15) is 48.5 Å². The molecule has 25 heavy (non-hydrogen) atoms. The second-order valence-electron chi connectivity index (χ2n) is 6.81. The highest BCUT2D eigenvalue weighted by Gasteiger charge is 2.21. The molecule has 0 aliphatic carbocycles. The monoisotopic (exact) mass is 339 g/mol. The van der Waals surface area contributed by atoms with Gasteiger partial charge in [-0.05, 0) is 63.4 Å². The van der Waals surface area contributed by atoms with Gasteiger partial charge < -0.3 is 16.0 Å². The number of aromatic nitrogens is 2. The molecule has 2 aromatic rings. The van der Waals surface area contributed by atoms with Gasteiger partial charge in [0.15, 0.2) is 0 Å². The number of nitrogens with zero attached hydrogens (tertiary/aromatic N) is 3. The van der Waals surface area contributed by atoms with Crippen LogP contribution in [0.5, 0.6) is 0 Å². The van der Waals surface area contributed by atoms with Crippen molar-refractivity contribution in [2.45, 2.75) is 38.6 Å². The summed E-state index contributed by atoms with van der Waals surface area (Å²) < 4.78 is 0. The highest BCUT2D eigenvalue weighted by molar-refractivity contribution is 5.92. The van der Waals surface area contributed by atoms with Crippen LogP contribution in [0.3, 0.4) is 0 Å². The van der Waals surface area contributed by atoms with Crippen molar-refractivity contribution in [3.05, 3.63) is 47.8 Å². The molecule has 0 saturated carbocycles. The molecule has 0 bridgehead atoms. The normalized spacial score (nSPS) is 16.1.